The third kappa shape index (κ3) is 0.944. The van der Waals surface area contributed by atoms with Crippen LogP contribution in [0.4, 0.5) is 0 Å². The molecule has 1 aliphatic heterocycles. The van der Waals surface area contributed by atoms with Crippen molar-refractivity contribution in [3.05, 3.63) is 0 Å². The molecule has 0 aromatic heterocycles. The normalized spacial score (nSPS) is 57.2. The second-order valence-electron chi connectivity index (χ2n) is 4.85. The van der Waals surface area contributed by atoms with E-state index in [1.165, 1.54) is 25.7 Å². The highest BCUT2D eigenvalue weighted by Crippen LogP contribution is 2.49. The second-order valence-corrected chi connectivity index (χ2v) is 4.85. The Hall–Kier alpha value is -0.0800. The van der Waals surface area contributed by atoms with Crippen molar-refractivity contribution >= 4 is 0 Å². The zero-order valence-electron chi connectivity index (χ0n) is 7.37. The van der Waals surface area contributed by atoms with Gasteiger partial charge in [-0.25, -0.2) is 0 Å². The lowest BCUT2D eigenvalue weighted by atomic mass is 9.61. The molecule has 0 spiro atoms. The highest BCUT2D eigenvalue weighted by Gasteiger charge is 2.45. The van der Waals surface area contributed by atoms with E-state index in [2.05, 4.69) is 5.32 Å². The molecule has 0 bridgehead atoms. The lowest BCUT2D eigenvalue weighted by Gasteiger charge is -2.45. The van der Waals surface area contributed by atoms with Crippen LogP contribution in [0.1, 0.15) is 32.1 Å². The van der Waals surface area contributed by atoms with E-state index in [0.29, 0.717) is 6.04 Å². The van der Waals surface area contributed by atoms with Gasteiger partial charge in [-0.3, -0.25) is 5.32 Å². The summed E-state index contributed by atoms with van der Waals surface area (Å²) in [5, 5.41) is 12.7. The van der Waals surface area contributed by atoms with Crippen LogP contribution in [0.15, 0.2) is 0 Å². The van der Waals surface area contributed by atoms with Crippen LogP contribution in [-0.4, -0.2) is 17.4 Å². The molecule has 2 saturated carbocycles. The van der Waals surface area contributed by atoms with Gasteiger partial charge in [-0.15, -0.1) is 0 Å². The van der Waals surface area contributed by atoms with Gasteiger partial charge in [-0.05, 0) is 49.9 Å². The van der Waals surface area contributed by atoms with E-state index in [1.54, 1.807) is 0 Å². The molecule has 12 heavy (non-hydrogen) atoms. The van der Waals surface area contributed by atoms with Crippen LogP contribution >= 0.6 is 0 Å². The van der Waals surface area contributed by atoms with Crippen molar-refractivity contribution in [2.45, 2.75) is 44.4 Å². The minimum Gasteiger partial charge on any atom is -0.379 e. The quantitative estimate of drug-likeness (QED) is 0.566. The molecule has 0 aromatic rings. The SMILES string of the molecule is OC1CC2CC3CCC3CC2N1. The molecular weight excluding hydrogens is 150 g/mol. The molecular formula is C10H17NO. The number of aliphatic hydroxyl groups is 1. The topological polar surface area (TPSA) is 32.3 Å². The number of hydrogen-bond donors (Lipinski definition) is 2. The lowest BCUT2D eigenvalue weighted by Crippen LogP contribution is -2.43. The van der Waals surface area contributed by atoms with Crippen molar-refractivity contribution in [1.82, 2.24) is 5.32 Å². The van der Waals surface area contributed by atoms with Crippen molar-refractivity contribution in [3.63, 3.8) is 0 Å². The molecule has 2 nitrogen and oxygen atoms in total. The van der Waals surface area contributed by atoms with Crippen LogP contribution in [-0.2, 0) is 0 Å². The molecule has 0 radical (unpaired) electrons. The van der Waals surface area contributed by atoms with Gasteiger partial charge in [0.25, 0.3) is 0 Å². The van der Waals surface area contributed by atoms with Crippen molar-refractivity contribution in [3.8, 4) is 0 Å². The zero-order valence-corrected chi connectivity index (χ0v) is 7.37. The van der Waals surface area contributed by atoms with Gasteiger partial charge in [-0.1, -0.05) is 0 Å². The Kier molecular flexibility index (Phi) is 1.50. The summed E-state index contributed by atoms with van der Waals surface area (Å²) in [6, 6.07) is 0.654. The number of hydrogen-bond acceptors (Lipinski definition) is 2. The molecule has 0 amide bonds. The van der Waals surface area contributed by atoms with E-state index in [-0.39, 0.29) is 6.23 Å². The summed E-state index contributed by atoms with van der Waals surface area (Å²) in [5.74, 6) is 2.82. The van der Waals surface area contributed by atoms with Crippen LogP contribution in [0.3, 0.4) is 0 Å². The highest BCUT2D eigenvalue weighted by molar-refractivity contribution is 4.98. The molecule has 2 aliphatic carbocycles. The molecule has 5 atom stereocenters. The maximum Gasteiger partial charge on any atom is 0.105 e. The van der Waals surface area contributed by atoms with E-state index in [1.807, 2.05) is 0 Å². The van der Waals surface area contributed by atoms with Gasteiger partial charge in [-0.2, -0.15) is 0 Å². The van der Waals surface area contributed by atoms with Gasteiger partial charge in [0.2, 0.25) is 0 Å². The molecule has 2 N–H and O–H groups in total. The summed E-state index contributed by atoms with van der Waals surface area (Å²) < 4.78 is 0. The zero-order chi connectivity index (χ0) is 8.13. The fourth-order valence-corrected chi connectivity index (χ4v) is 3.40. The summed E-state index contributed by atoms with van der Waals surface area (Å²) in [5.41, 5.74) is 0. The van der Waals surface area contributed by atoms with Gasteiger partial charge < -0.3 is 5.11 Å². The summed E-state index contributed by atoms with van der Waals surface area (Å²) in [7, 11) is 0. The Morgan fingerprint density at radius 3 is 2.42 bits per heavy atom. The van der Waals surface area contributed by atoms with E-state index in [9.17, 15) is 5.11 Å². The number of aliphatic hydroxyl groups excluding tert-OH is 1. The molecule has 68 valence electrons. The molecule has 1 heterocycles. The number of nitrogens with one attached hydrogen (secondary N) is 1. The first kappa shape index (κ1) is 7.34. The maximum atomic E-state index is 9.44. The fraction of sp³-hybridized carbons (Fsp3) is 1.00. The number of fused-ring (bicyclic) bond motifs is 2. The van der Waals surface area contributed by atoms with Crippen LogP contribution in [0, 0.1) is 17.8 Å². The summed E-state index contributed by atoms with van der Waals surface area (Å²) in [6.45, 7) is 0. The molecule has 2 heteroatoms. The smallest absolute Gasteiger partial charge is 0.105 e. The lowest BCUT2D eigenvalue weighted by molar-refractivity contribution is 0.0693. The van der Waals surface area contributed by atoms with Crippen LogP contribution < -0.4 is 5.32 Å². The summed E-state index contributed by atoms with van der Waals surface area (Å²) >= 11 is 0. The fourth-order valence-electron chi connectivity index (χ4n) is 3.40. The van der Waals surface area contributed by atoms with Gasteiger partial charge in [0.1, 0.15) is 6.23 Å². The van der Waals surface area contributed by atoms with Crippen molar-refractivity contribution < 1.29 is 5.11 Å². The van der Waals surface area contributed by atoms with E-state index >= 15 is 0 Å². The Labute approximate surface area is 73.4 Å². The Morgan fingerprint density at radius 2 is 1.67 bits per heavy atom. The predicted octanol–water partition coefficient (Wildman–Crippen LogP) is 1.10. The average Bonchev–Trinajstić information content (AvgIpc) is 2.34. The maximum absolute atomic E-state index is 9.44. The Balaban J connectivity index is 1.73. The van der Waals surface area contributed by atoms with Gasteiger partial charge in [0.15, 0.2) is 0 Å². The Morgan fingerprint density at radius 1 is 0.917 bits per heavy atom. The highest BCUT2D eigenvalue weighted by atomic mass is 16.3. The van der Waals surface area contributed by atoms with Crippen molar-refractivity contribution in [2.75, 3.05) is 0 Å². The summed E-state index contributed by atoms with van der Waals surface area (Å²) in [4.78, 5) is 0. The van der Waals surface area contributed by atoms with Crippen LogP contribution in [0.2, 0.25) is 0 Å². The molecule has 5 unspecified atom stereocenters. The van der Waals surface area contributed by atoms with Crippen LogP contribution in [0.5, 0.6) is 0 Å². The predicted molar refractivity (Wildman–Crippen MR) is 46.5 cm³/mol. The monoisotopic (exact) mass is 167 g/mol. The Bertz CT molecular complexity index is 174. The third-order valence-corrected chi connectivity index (χ3v) is 4.24. The average molecular weight is 167 g/mol. The molecule has 3 rings (SSSR count). The minimum absolute atomic E-state index is 0.197. The summed E-state index contributed by atoms with van der Waals surface area (Å²) in [6.07, 6.45) is 6.45. The largest absolute Gasteiger partial charge is 0.379 e. The first-order valence-electron chi connectivity index (χ1n) is 5.27. The van der Waals surface area contributed by atoms with E-state index in [0.717, 1.165) is 24.2 Å². The number of rotatable bonds is 0. The second kappa shape index (κ2) is 2.46. The first-order chi connectivity index (χ1) is 5.83. The third-order valence-electron chi connectivity index (χ3n) is 4.24. The minimum atomic E-state index is -0.197. The molecule has 0 aromatic carbocycles. The van der Waals surface area contributed by atoms with Crippen molar-refractivity contribution in [1.29, 1.82) is 0 Å². The first-order valence-corrected chi connectivity index (χ1v) is 5.27. The van der Waals surface area contributed by atoms with Gasteiger partial charge >= 0.3 is 0 Å². The van der Waals surface area contributed by atoms with Crippen LogP contribution in [0.25, 0.3) is 0 Å². The standard InChI is InChI=1S/C10H17NO/c12-10-5-8-3-6-1-2-7(6)4-9(8)11-10/h6-12H,1-5H2. The van der Waals surface area contributed by atoms with E-state index < -0.39 is 0 Å². The van der Waals surface area contributed by atoms with Gasteiger partial charge in [0, 0.05) is 6.04 Å². The van der Waals surface area contributed by atoms with Crippen molar-refractivity contribution in [2.24, 2.45) is 17.8 Å². The molecule has 3 aliphatic rings. The van der Waals surface area contributed by atoms with Gasteiger partial charge in [0.05, 0.1) is 0 Å². The van der Waals surface area contributed by atoms with E-state index in [4.69, 9.17) is 0 Å². The molecule has 1 saturated heterocycles. The molecule has 3 fully saturated rings.